The van der Waals surface area contributed by atoms with E-state index in [1.807, 2.05) is 12.2 Å². The smallest absolute Gasteiger partial charge is 0.0679 e. The number of thiol groups is 1. The summed E-state index contributed by atoms with van der Waals surface area (Å²) in [5.41, 5.74) is 0. The molecule has 2 heteroatoms. The largest absolute Gasteiger partial charge is 0.197 e. The van der Waals surface area contributed by atoms with Gasteiger partial charge in [0.15, 0.2) is 0 Å². The molecule has 0 amide bonds. The van der Waals surface area contributed by atoms with E-state index in [0.717, 1.165) is 0 Å². The topological polar surface area (TPSA) is 0 Å². The molecule has 1 unspecified atom stereocenters. The van der Waals surface area contributed by atoms with E-state index in [-0.39, 0.29) is 15.6 Å². The van der Waals surface area contributed by atoms with Gasteiger partial charge in [0.25, 0.3) is 0 Å². The van der Waals surface area contributed by atoms with Crippen LogP contribution in [-0.2, 0) is 0 Å². The van der Waals surface area contributed by atoms with Crippen LogP contribution in [0.1, 0.15) is 0 Å². The van der Waals surface area contributed by atoms with Gasteiger partial charge in [0.1, 0.15) is 0 Å². The Bertz CT molecular complexity index is 114. The zero-order valence-corrected chi connectivity index (χ0v) is 6.07. The summed E-state index contributed by atoms with van der Waals surface area (Å²) < 4.78 is 0.0556. The van der Waals surface area contributed by atoms with Crippen LogP contribution in [0.2, 0.25) is 0 Å². The van der Waals surface area contributed by atoms with E-state index in [9.17, 15) is 0 Å². The predicted molar refractivity (Wildman–Crippen MR) is 42.3 cm³/mol. The highest BCUT2D eigenvalue weighted by molar-refractivity contribution is 8.23. The lowest BCUT2D eigenvalue weighted by molar-refractivity contribution is 1.65. The van der Waals surface area contributed by atoms with Crippen molar-refractivity contribution in [3.8, 4) is 0 Å². The molecule has 1 heterocycles. The molecule has 1 atom stereocenters. The van der Waals surface area contributed by atoms with Crippen molar-refractivity contribution in [1.29, 1.82) is 0 Å². The Labute approximate surface area is 57.6 Å². The molecule has 0 aromatic carbocycles. The number of hydrogen-bond donors (Lipinski definition) is 1. The lowest BCUT2D eigenvalue weighted by atomic mass is 10.6. The monoisotopic (exact) mass is 147 g/mol. The minimum atomic E-state index is -0.211. The summed E-state index contributed by atoms with van der Waals surface area (Å²) in [7, 11) is -0.211. The lowest BCUT2D eigenvalue weighted by Crippen LogP contribution is -1.84. The van der Waals surface area contributed by atoms with Crippen LogP contribution in [0.25, 0.3) is 0 Å². The zero-order chi connectivity index (χ0) is 5.98. The van der Waals surface area contributed by atoms with Crippen LogP contribution in [0.5, 0.6) is 0 Å². The molecule has 1 aliphatic rings. The van der Waals surface area contributed by atoms with Crippen molar-refractivity contribution >= 4 is 22.5 Å². The van der Waals surface area contributed by atoms with Crippen molar-refractivity contribution in [1.82, 2.24) is 0 Å². The summed E-state index contributed by atoms with van der Waals surface area (Å²) >= 11 is 5.70. The molecule has 8 heavy (non-hydrogen) atoms. The van der Waals surface area contributed by atoms with Crippen molar-refractivity contribution in [3.05, 3.63) is 29.9 Å². The quantitative estimate of drug-likeness (QED) is 0.428. The Kier molecular flexibility index (Phi) is 2.03. The molecule has 0 saturated heterocycles. The number of halogens is 1. The third-order valence-corrected chi connectivity index (χ3v) is 3.31. The normalized spacial score (nSPS) is 24.5. The second-order valence-electron chi connectivity index (χ2n) is 1.56. The first-order valence-corrected chi connectivity index (χ1v) is 4.39. The molecule has 0 spiro atoms. The van der Waals surface area contributed by atoms with Crippen molar-refractivity contribution < 1.29 is 0 Å². The zero-order valence-electron chi connectivity index (χ0n) is 4.42. The fraction of sp³-hybridized carbons (Fsp3) is 0.167. The second-order valence-corrected chi connectivity index (χ2v) is 4.51. The van der Waals surface area contributed by atoms with Gasteiger partial charge >= 0.3 is 0 Å². The summed E-state index contributed by atoms with van der Waals surface area (Å²) in [5.74, 6) is 0. The van der Waals surface area contributed by atoms with Gasteiger partial charge in [-0.2, -0.15) is 10.9 Å². The molecule has 1 aliphatic heterocycles. The minimum Gasteiger partial charge on any atom is -0.197 e. The Morgan fingerprint density at radius 1 is 1.38 bits per heavy atom. The number of hydrogen-bond acceptors (Lipinski definition) is 0. The lowest BCUT2D eigenvalue weighted by Gasteiger charge is -2.10. The maximum Gasteiger partial charge on any atom is 0.0679 e. The summed E-state index contributed by atoms with van der Waals surface area (Å²) in [6, 6.07) is 0. The summed E-state index contributed by atoms with van der Waals surface area (Å²) in [5, 5.41) is 4.22. The van der Waals surface area contributed by atoms with Crippen molar-refractivity contribution in [2.24, 2.45) is 0 Å². The first-order chi connectivity index (χ1) is 3.80. The number of rotatable bonds is 1. The third-order valence-electron chi connectivity index (χ3n) is 0.951. The highest BCUT2D eigenvalue weighted by atomic mass is 35.5. The fourth-order valence-electron chi connectivity index (χ4n) is 0.535. The van der Waals surface area contributed by atoms with Crippen LogP contribution in [-0.4, -0.2) is 4.71 Å². The Balaban J connectivity index is 2.49. The summed E-state index contributed by atoms with van der Waals surface area (Å²) in [6.45, 7) is 3.71. The molecule has 0 saturated carbocycles. The van der Waals surface area contributed by atoms with E-state index in [0.29, 0.717) is 0 Å². The van der Waals surface area contributed by atoms with Crippen molar-refractivity contribution in [2.75, 3.05) is 0 Å². The van der Waals surface area contributed by atoms with Crippen LogP contribution in [0.4, 0.5) is 0 Å². The van der Waals surface area contributed by atoms with Gasteiger partial charge in [0.05, 0.1) is 4.71 Å². The molecule has 0 aliphatic carbocycles. The fourth-order valence-corrected chi connectivity index (χ4v) is 1.99. The molecule has 0 bridgehead atoms. The standard InChI is InChI=1S/C6H8ClS/c1-6(7)8-4-2-3-5-8/h2-6,8H,1H2. The average molecular weight is 148 g/mol. The van der Waals surface area contributed by atoms with Crippen LogP contribution < -0.4 is 0 Å². The first kappa shape index (κ1) is 6.24. The van der Waals surface area contributed by atoms with Crippen LogP contribution in [0.15, 0.2) is 23.0 Å². The van der Waals surface area contributed by atoms with E-state index in [2.05, 4.69) is 17.7 Å². The van der Waals surface area contributed by atoms with Gasteiger partial charge in [-0.05, 0) is 17.7 Å². The van der Waals surface area contributed by atoms with E-state index >= 15 is 0 Å². The Hall–Kier alpha value is 0.120. The molecule has 0 N–H and O–H groups in total. The van der Waals surface area contributed by atoms with E-state index in [1.165, 1.54) is 0 Å². The van der Waals surface area contributed by atoms with Crippen LogP contribution in [0, 0.1) is 6.92 Å². The molecule has 1 rings (SSSR count). The SMILES string of the molecule is [CH2]C(Cl)[SH]1C=CC=C1. The van der Waals surface area contributed by atoms with Gasteiger partial charge in [0, 0.05) is 0 Å². The molecule has 0 nitrogen and oxygen atoms in total. The summed E-state index contributed by atoms with van der Waals surface area (Å²) in [4.78, 5) is 0. The van der Waals surface area contributed by atoms with Gasteiger partial charge in [-0.25, -0.2) is 0 Å². The van der Waals surface area contributed by atoms with Gasteiger partial charge in [-0.1, -0.05) is 12.2 Å². The molecule has 0 fully saturated rings. The molecule has 45 valence electrons. The minimum absolute atomic E-state index is 0.0556. The maximum absolute atomic E-state index is 5.70. The van der Waals surface area contributed by atoms with Gasteiger partial charge in [0.2, 0.25) is 0 Å². The molecule has 1 radical (unpaired) electrons. The molecular weight excluding hydrogens is 140 g/mol. The molecule has 0 aromatic heterocycles. The van der Waals surface area contributed by atoms with Crippen molar-refractivity contribution in [3.63, 3.8) is 0 Å². The van der Waals surface area contributed by atoms with E-state index in [4.69, 9.17) is 11.6 Å². The van der Waals surface area contributed by atoms with E-state index < -0.39 is 0 Å². The molecule has 0 aromatic rings. The number of allylic oxidation sites excluding steroid dienone is 2. The third kappa shape index (κ3) is 1.30. The maximum atomic E-state index is 5.70. The molecular formula is C6H8ClS. The van der Waals surface area contributed by atoms with Crippen LogP contribution in [0.3, 0.4) is 0 Å². The van der Waals surface area contributed by atoms with Gasteiger partial charge < -0.3 is 0 Å². The average Bonchev–Trinajstić information content (AvgIpc) is 2.12. The second kappa shape index (κ2) is 2.60. The van der Waals surface area contributed by atoms with Gasteiger partial charge in [-0.15, -0.1) is 11.6 Å². The Morgan fingerprint density at radius 3 is 2.12 bits per heavy atom. The number of alkyl halides is 1. The summed E-state index contributed by atoms with van der Waals surface area (Å²) in [6.07, 6.45) is 4.04. The predicted octanol–water partition coefficient (Wildman–Crippen LogP) is 2.43. The Morgan fingerprint density at radius 2 is 1.88 bits per heavy atom. The van der Waals surface area contributed by atoms with E-state index in [1.54, 1.807) is 0 Å². The van der Waals surface area contributed by atoms with Crippen LogP contribution >= 0.6 is 22.5 Å². The highest BCUT2D eigenvalue weighted by Gasteiger charge is 2.03. The van der Waals surface area contributed by atoms with Gasteiger partial charge in [-0.3, -0.25) is 0 Å². The first-order valence-electron chi connectivity index (χ1n) is 2.40. The highest BCUT2D eigenvalue weighted by Crippen LogP contribution is 2.39. The van der Waals surface area contributed by atoms with Crippen molar-refractivity contribution in [2.45, 2.75) is 4.71 Å².